The third-order valence-electron chi connectivity index (χ3n) is 2.55. The van der Waals surface area contributed by atoms with Gasteiger partial charge in [0.2, 0.25) is 0 Å². The summed E-state index contributed by atoms with van der Waals surface area (Å²) in [5, 5.41) is 0. The van der Waals surface area contributed by atoms with Crippen molar-refractivity contribution in [1.29, 1.82) is 0 Å². The number of pyridine rings is 1. The fraction of sp³-hybridized carbons (Fsp3) is 0.500. The van der Waals surface area contributed by atoms with Gasteiger partial charge in [0, 0.05) is 18.4 Å². The molecule has 0 saturated carbocycles. The summed E-state index contributed by atoms with van der Waals surface area (Å²) in [6, 6.07) is 2.05. The molecular weight excluding hydrogens is 184 g/mol. The molecule has 2 N–H and O–H groups in total. The third-order valence-corrected chi connectivity index (χ3v) is 2.55. The van der Waals surface area contributed by atoms with Crippen LogP contribution in [0.4, 0.5) is 0 Å². The van der Waals surface area contributed by atoms with Crippen molar-refractivity contribution in [3.05, 3.63) is 29.1 Å². The van der Waals surface area contributed by atoms with Gasteiger partial charge in [-0.15, -0.1) is 12.4 Å². The van der Waals surface area contributed by atoms with E-state index in [-0.39, 0.29) is 12.4 Å². The highest BCUT2D eigenvalue weighted by Crippen LogP contribution is 2.21. The zero-order chi connectivity index (χ0) is 8.39. The molecule has 0 radical (unpaired) electrons. The molecule has 1 heterocycles. The average Bonchev–Trinajstić information content (AvgIpc) is 2.17. The molecule has 0 aliphatic heterocycles. The van der Waals surface area contributed by atoms with Gasteiger partial charge >= 0.3 is 0 Å². The Kier molecular flexibility index (Phi) is 3.70. The second-order valence-electron chi connectivity index (χ2n) is 3.31. The minimum Gasteiger partial charge on any atom is -0.326 e. The van der Waals surface area contributed by atoms with Crippen LogP contribution in [0.15, 0.2) is 12.3 Å². The van der Waals surface area contributed by atoms with Crippen LogP contribution in [0.3, 0.4) is 0 Å². The fourth-order valence-electron chi connectivity index (χ4n) is 1.89. The fourth-order valence-corrected chi connectivity index (χ4v) is 1.89. The summed E-state index contributed by atoms with van der Waals surface area (Å²) in [5.41, 5.74) is 9.64. The predicted molar refractivity (Wildman–Crippen MR) is 56.0 cm³/mol. The van der Waals surface area contributed by atoms with Crippen LogP contribution in [0.1, 0.15) is 29.7 Å². The summed E-state index contributed by atoms with van der Waals surface area (Å²) >= 11 is 0. The summed E-state index contributed by atoms with van der Waals surface area (Å²) in [4.78, 5) is 4.37. The Morgan fingerprint density at radius 3 is 2.85 bits per heavy atom. The van der Waals surface area contributed by atoms with Crippen LogP contribution in [0.5, 0.6) is 0 Å². The van der Waals surface area contributed by atoms with Crippen molar-refractivity contribution in [2.75, 3.05) is 0 Å². The van der Waals surface area contributed by atoms with Gasteiger partial charge in [-0.05, 0) is 42.9 Å². The molecule has 72 valence electrons. The Hall–Kier alpha value is -0.600. The molecule has 1 aliphatic rings. The number of aryl methyl sites for hydroxylation is 1. The molecule has 3 heteroatoms. The number of fused-ring (bicyclic) bond motifs is 1. The van der Waals surface area contributed by atoms with Gasteiger partial charge in [-0.1, -0.05) is 0 Å². The van der Waals surface area contributed by atoms with E-state index in [9.17, 15) is 0 Å². The van der Waals surface area contributed by atoms with Crippen LogP contribution in [-0.4, -0.2) is 4.98 Å². The topological polar surface area (TPSA) is 38.9 Å². The molecule has 1 aromatic heterocycles. The van der Waals surface area contributed by atoms with E-state index in [2.05, 4.69) is 4.98 Å². The van der Waals surface area contributed by atoms with Crippen LogP contribution in [0, 0.1) is 0 Å². The zero-order valence-corrected chi connectivity index (χ0v) is 8.44. The molecule has 0 atom stereocenters. The van der Waals surface area contributed by atoms with E-state index in [0.717, 1.165) is 6.42 Å². The lowest BCUT2D eigenvalue weighted by Crippen LogP contribution is -2.10. The van der Waals surface area contributed by atoms with Gasteiger partial charge in [0.15, 0.2) is 0 Å². The highest BCUT2D eigenvalue weighted by atomic mass is 35.5. The van der Waals surface area contributed by atoms with Gasteiger partial charge in [0.1, 0.15) is 0 Å². The van der Waals surface area contributed by atoms with E-state index < -0.39 is 0 Å². The SMILES string of the molecule is Cl.NCc1ccnc2c1CCCC2. The highest BCUT2D eigenvalue weighted by molar-refractivity contribution is 5.85. The van der Waals surface area contributed by atoms with Gasteiger partial charge in [0.05, 0.1) is 0 Å². The van der Waals surface area contributed by atoms with Crippen LogP contribution < -0.4 is 5.73 Å². The lowest BCUT2D eigenvalue weighted by Gasteiger charge is -2.16. The Balaban J connectivity index is 0.000000845. The molecule has 0 amide bonds. The lowest BCUT2D eigenvalue weighted by molar-refractivity contribution is 0.660. The van der Waals surface area contributed by atoms with Crippen LogP contribution in [0.2, 0.25) is 0 Å². The maximum Gasteiger partial charge on any atom is 0.0438 e. The first kappa shape index (κ1) is 10.5. The maximum absolute atomic E-state index is 5.65. The highest BCUT2D eigenvalue weighted by Gasteiger charge is 2.12. The average molecular weight is 199 g/mol. The Labute approximate surface area is 85.0 Å². The van der Waals surface area contributed by atoms with Crippen molar-refractivity contribution in [2.24, 2.45) is 5.73 Å². The standard InChI is InChI=1S/C10H14N2.ClH/c11-7-8-5-6-12-10-4-2-1-3-9(8)10;/h5-6H,1-4,7,11H2;1H. The van der Waals surface area contributed by atoms with Crippen molar-refractivity contribution in [1.82, 2.24) is 4.98 Å². The molecule has 0 unspecified atom stereocenters. The number of hydrogen-bond acceptors (Lipinski definition) is 2. The number of rotatable bonds is 1. The van der Waals surface area contributed by atoms with E-state index in [0.29, 0.717) is 6.54 Å². The Morgan fingerprint density at radius 1 is 1.31 bits per heavy atom. The smallest absolute Gasteiger partial charge is 0.0438 e. The Morgan fingerprint density at radius 2 is 2.08 bits per heavy atom. The number of nitrogens with zero attached hydrogens (tertiary/aromatic N) is 1. The first-order chi connectivity index (χ1) is 5.92. The molecule has 13 heavy (non-hydrogen) atoms. The van der Waals surface area contributed by atoms with E-state index in [1.54, 1.807) is 0 Å². The van der Waals surface area contributed by atoms with Crippen LogP contribution >= 0.6 is 12.4 Å². The van der Waals surface area contributed by atoms with Crippen molar-refractivity contribution >= 4 is 12.4 Å². The van der Waals surface area contributed by atoms with E-state index in [1.807, 2.05) is 12.3 Å². The lowest BCUT2D eigenvalue weighted by atomic mass is 9.92. The van der Waals surface area contributed by atoms with Gasteiger partial charge in [-0.3, -0.25) is 4.98 Å². The van der Waals surface area contributed by atoms with Crippen LogP contribution in [0.25, 0.3) is 0 Å². The van der Waals surface area contributed by atoms with Crippen molar-refractivity contribution in [2.45, 2.75) is 32.2 Å². The summed E-state index contributed by atoms with van der Waals surface area (Å²) in [6.45, 7) is 0.658. The number of aromatic nitrogens is 1. The van der Waals surface area contributed by atoms with Crippen molar-refractivity contribution in [3.63, 3.8) is 0 Å². The first-order valence-corrected chi connectivity index (χ1v) is 4.57. The van der Waals surface area contributed by atoms with E-state index in [1.165, 1.54) is 36.1 Å². The number of nitrogens with two attached hydrogens (primary N) is 1. The normalized spacial score (nSPS) is 14.5. The third kappa shape index (κ3) is 2.01. The minimum absolute atomic E-state index is 0. The second kappa shape index (κ2) is 4.58. The summed E-state index contributed by atoms with van der Waals surface area (Å²) in [5.74, 6) is 0. The first-order valence-electron chi connectivity index (χ1n) is 4.57. The quantitative estimate of drug-likeness (QED) is 0.748. The van der Waals surface area contributed by atoms with Gasteiger partial charge in [-0.25, -0.2) is 0 Å². The molecule has 1 aromatic rings. The summed E-state index contributed by atoms with van der Waals surface area (Å²) < 4.78 is 0. The summed E-state index contributed by atoms with van der Waals surface area (Å²) in [6.07, 6.45) is 6.78. The zero-order valence-electron chi connectivity index (χ0n) is 7.62. The molecule has 0 saturated heterocycles. The second-order valence-corrected chi connectivity index (χ2v) is 3.31. The molecule has 0 fully saturated rings. The molecule has 2 nitrogen and oxygen atoms in total. The number of halogens is 1. The Bertz CT molecular complexity index is 272. The monoisotopic (exact) mass is 198 g/mol. The number of hydrogen-bond donors (Lipinski definition) is 1. The van der Waals surface area contributed by atoms with Gasteiger partial charge in [0.25, 0.3) is 0 Å². The molecular formula is C10H15ClN2. The van der Waals surface area contributed by atoms with E-state index in [4.69, 9.17) is 5.73 Å². The predicted octanol–water partition coefficient (Wildman–Crippen LogP) is 1.84. The van der Waals surface area contributed by atoms with Crippen molar-refractivity contribution < 1.29 is 0 Å². The maximum atomic E-state index is 5.65. The summed E-state index contributed by atoms with van der Waals surface area (Å²) in [7, 11) is 0. The van der Waals surface area contributed by atoms with Crippen molar-refractivity contribution in [3.8, 4) is 0 Å². The molecule has 2 rings (SSSR count). The van der Waals surface area contributed by atoms with Gasteiger partial charge < -0.3 is 5.73 Å². The molecule has 0 aromatic carbocycles. The van der Waals surface area contributed by atoms with Crippen LogP contribution in [-0.2, 0) is 19.4 Å². The molecule has 0 bridgehead atoms. The van der Waals surface area contributed by atoms with Gasteiger partial charge in [-0.2, -0.15) is 0 Å². The molecule has 0 spiro atoms. The van der Waals surface area contributed by atoms with E-state index >= 15 is 0 Å². The minimum atomic E-state index is 0. The molecule has 1 aliphatic carbocycles. The largest absolute Gasteiger partial charge is 0.326 e.